The number of nitrogen functional groups attached to an aromatic ring is 2. The van der Waals surface area contributed by atoms with E-state index in [9.17, 15) is 19.7 Å². The number of anilines is 2. The molecule has 1 unspecified atom stereocenters. The maximum absolute atomic E-state index is 12.1. The van der Waals surface area contributed by atoms with Crippen molar-refractivity contribution in [1.29, 1.82) is 0 Å². The molecule has 1 aromatic heterocycles. The molecule has 10 heteroatoms. The molecule has 0 fully saturated rings. The number of aromatic nitrogens is 2. The van der Waals surface area contributed by atoms with E-state index in [1.165, 1.54) is 12.1 Å². The summed E-state index contributed by atoms with van der Waals surface area (Å²) < 4.78 is 0. The van der Waals surface area contributed by atoms with Crippen LogP contribution in [-0.2, 0) is 6.42 Å². The zero-order chi connectivity index (χ0) is 19.3. The van der Waals surface area contributed by atoms with E-state index < -0.39 is 28.9 Å². The second kappa shape index (κ2) is 8.10. The standard InChI is InChI=1S/C16H19N5O5/c17-13-12(14(22)20-16(18)19-13)11(8-21(25)26)3-1-2-9-4-6-10(7-5-9)15(23)24/h4-7,11H,1-3,8H2,(H,23,24)(H5,17,18,19,20,22). The molecule has 6 N–H and O–H groups in total. The van der Waals surface area contributed by atoms with Crippen LogP contribution in [0.5, 0.6) is 0 Å². The van der Waals surface area contributed by atoms with Gasteiger partial charge in [0.1, 0.15) is 5.82 Å². The first-order chi connectivity index (χ1) is 12.3. The molecule has 0 bridgehead atoms. The summed E-state index contributed by atoms with van der Waals surface area (Å²) in [6.45, 7) is -0.448. The van der Waals surface area contributed by atoms with E-state index in [-0.39, 0.29) is 22.9 Å². The molecule has 0 radical (unpaired) electrons. The van der Waals surface area contributed by atoms with Gasteiger partial charge in [-0.25, -0.2) is 4.79 Å². The first kappa shape index (κ1) is 18.9. The van der Waals surface area contributed by atoms with Crippen LogP contribution in [0, 0.1) is 10.1 Å². The molecule has 0 aliphatic rings. The number of carbonyl (C=O) groups is 1. The number of nitrogens with zero attached hydrogens (tertiary/aromatic N) is 2. The van der Waals surface area contributed by atoms with E-state index >= 15 is 0 Å². The molecule has 1 aromatic carbocycles. The van der Waals surface area contributed by atoms with Gasteiger partial charge in [0, 0.05) is 4.92 Å². The van der Waals surface area contributed by atoms with Crippen molar-refractivity contribution < 1.29 is 14.8 Å². The number of nitrogens with one attached hydrogen (secondary N) is 1. The SMILES string of the molecule is Nc1nc(N)c(C(CCCc2ccc(C(=O)O)cc2)C[N+](=O)[O-])c(=O)[nH]1. The van der Waals surface area contributed by atoms with Crippen LogP contribution < -0.4 is 17.0 Å². The molecule has 0 aliphatic carbocycles. The van der Waals surface area contributed by atoms with Gasteiger partial charge in [-0.2, -0.15) is 4.98 Å². The summed E-state index contributed by atoms with van der Waals surface area (Å²) in [7, 11) is 0. The van der Waals surface area contributed by atoms with E-state index in [1.807, 2.05) is 0 Å². The highest BCUT2D eigenvalue weighted by molar-refractivity contribution is 5.87. The predicted octanol–water partition coefficient (Wildman–Crippen LogP) is 1.02. The fraction of sp³-hybridized carbons (Fsp3) is 0.312. The van der Waals surface area contributed by atoms with Crippen molar-refractivity contribution in [2.24, 2.45) is 0 Å². The first-order valence-corrected chi connectivity index (χ1v) is 7.87. The Morgan fingerprint density at radius 3 is 2.50 bits per heavy atom. The number of carboxylic acid groups (broad SMARTS) is 1. The Morgan fingerprint density at radius 2 is 1.96 bits per heavy atom. The molecule has 1 heterocycles. The molecule has 0 saturated heterocycles. The third-order valence-corrected chi connectivity index (χ3v) is 4.00. The van der Waals surface area contributed by atoms with Gasteiger partial charge in [-0.05, 0) is 37.0 Å². The second-order valence-electron chi connectivity index (χ2n) is 5.86. The van der Waals surface area contributed by atoms with Crippen LogP contribution in [0.3, 0.4) is 0 Å². The van der Waals surface area contributed by atoms with E-state index in [4.69, 9.17) is 16.6 Å². The third-order valence-electron chi connectivity index (χ3n) is 4.00. The number of hydrogen-bond donors (Lipinski definition) is 4. The van der Waals surface area contributed by atoms with Gasteiger partial charge in [-0.1, -0.05) is 12.1 Å². The summed E-state index contributed by atoms with van der Waals surface area (Å²) in [6, 6.07) is 6.38. The molecule has 1 atom stereocenters. The lowest BCUT2D eigenvalue weighted by molar-refractivity contribution is -0.483. The van der Waals surface area contributed by atoms with Crippen LogP contribution in [0.15, 0.2) is 29.1 Å². The quantitative estimate of drug-likeness (QED) is 0.397. The maximum atomic E-state index is 12.1. The Labute approximate surface area is 148 Å². The van der Waals surface area contributed by atoms with Gasteiger partial charge in [0.2, 0.25) is 12.5 Å². The average Bonchev–Trinajstić information content (AvgIpc) is 2.53. The van der Waals surface area contributed by atoms with E-state index in [1.54, 1.807) is 12.1 Å². The lowest BCUT2D eigenvalue weighted by Crippen LogP contribution is -2.25. The zero-order valence-electron chi connectivity index (χ0n) is 13.8. The fourth-order valence-electron chi connectivity index (χ4n) is 2.79. The summed E-state index contributed by atoms with van der Waals surface area (Å²) >= 11 is 0. The molecular weight excluding hydrogens is 342 g/mol. The van der Waals surface area contributed by atoms with Crippen molar-refractivity contribution >= 4 is 17.7 Å². The van der Waals surface area contributed by atoms with E-state index in [2.05, 4.69) is 9.97 Å². The van der Waals surface area contributed by atoms with Crippen LogP contribution >= 0.6 is 0 Å². The minimum atomic E-state index is -1.01. The van der Waals surface area contributed by atoms with Gasteiger partial charge in [0.25, 0.3) is 5.56 Å². The molecule has 0 amide bonds. The molecular formula is C16H19N5O5. The number of carboxylic acids is 1. The topological polar surface area (TPSA) is 178 Å². The number of aromatic amines is 1. The lowest BCUT2D eigenvalue weighted by Gasteiger charge is -2.14. The molecule has 2 aromatic rings. The summed E-state index contributed by atoms with van der Waals surface area (Å²) in [6.07, 6.45) is 1.48. The van der Waals surface area contributed by atoms with Gasteiger partial charge in [-0.3, -0.25) is 19.9 Å². The molecule has 138 valence electrons. The van der Waals surface area contributed by atoms with E-state index in [0.29, 0.717) is 19.3 Å². The zero-order valence-corrected chi connectivity index (χ0v) is 13.8. The minimum Gasteiger partial charge on any atom is -0.478 e. The fourth-order valence-corrected chi connectivity index (χ4v) is 2.79. The summed E-state index contributed by atoms with van der Waals surface area (Å²) in [4.78, 5) is 39.5. The first-order valence-electron chi connectivity index (χ1n) is 7.87. The number of aromatic carboxylic acids is 1. The number of H-pyrrole nitrogens is 1. The van der Waals surface area contributed by atoms with Crippen molar-refractivity contribution in [3.63, 3.8) is 0 Å². The average molecular weight is 361 g/mol. The molecule has 26 heavy (non-hydrogen) atoms. The largest absolute Gasteiger partial charge is 0.478 e. The summed E-state index contributed by atoms with van der Waals surface area (Å²) in [5, 5.41) is 19.8. The Kier molecular flexibility index (Phi) is 5.89. The van der Waals surface area contributed by atoms with Gasteiger partial charge < -0.3 is 16.6 Å². The summed E-state index contributed by atoms with van der Waals surface area (Å²) in [5.41, 5.74) is 11.7. The van der Waals surface area contributed by atoms with Gasteiger partial charge in [0.05, 0.1) is 17.0 Å². The van der Waals surface area contributed by atoms with Gasteiger partial charge in [0.15, 0.2) is 0 Å². The van der Waals surface area contributed by atoms with Crippen LogP contribution in [0.4, 0.5) is 11.8 Å². The third kappa shape index (κ3) is 4.79. The van der Waals surface area contributed by atoms with Crippen LogP contribution in [-0.4, -0.2) is 32.5 Å². The lowest BCUT2D eigenvalue weighted by atomic mass is 9.93. The normalized spacial score (nSPS) is 11.8. The van der Waals surface area contributed by atoms with Gasteiger partial charge >= 0.3 is 5.97 Å². The Balaban J connectivity index is 2.10. The monoisotopic (exact) mass is 361 g/mol. The highest BCUT2D eigenvalue weighted by Gasteiger charge is 2.24. The van der Waals surface area contributed by atoms with Crippen molar-refractivity contribution in [2.75, 3.05) is 18.0 Å². The Hall–Kier alpha value is -3.43. The smallest absolute Gasteiger partial charge is 0.335 e. The number of rotatable bonds is 8. The van der Waals surface area contributed by atoms with E-state index in [0.717, 1.165) is 5.56 Å². The minimum absolute atomic E-state index is 0.0668. The van der Waals surface area contributed by atoms with Crippen molar-refractivity contribution in [3.8, 4) is 0 Å². The molecule has 0 spiro atoms. The number of aryl methyl sites for hydroxylation is 1. The predicted molar refractivity (Wildman–Crippen MR) is 94.6 cm³/mol. The van der Waals surface area contributed by atoms with Crippen LogP contribution in [0.1, 0.15) is 40.2 Å². The van der Waals surface area contributed by atoms with Crippen LogP contribution in [0.25, 0.3) is 0 Å². The highest BCUT2D eigenvalue weighted by atomic mass is 16.6. The van der Waals surface area contributed by atoms with Crippen molar-refractivity contribution in [1.82, 2.24) is 9.97 Å². The number of nitrogens with two attached hydrogens (primary N) is 2. The molecule has 10 nitrogen and oxygen atoms in total. The van der Waals surface area contributed by atoms with Gasteiger partial charge in [-0.15, -0.1) is 0 Å². The molecule has 0 aliphatic heterocycles. The maximum Gasteiger partial charge on any atom is 0.335 e. The van der Waals surface area contributed by atoms with Crippen LogP contribution in [0.2, 0.25) is 0 Å². The number of nitro groups is 1. The molecule has 0 saturated carbocycles. The molecule has 2 rings (SSSR count). The Bertz CT molecular complexity index is 862. The Morgan fingerprint density at radius 1 is 1.31 bits per heavy atom. The number of hydrogen-bond acceptors (Lipinski definition) is 7. The highest BCUT2D eigenvalue weighted by Crippen LogP contribution is 2.24. The summed E-state index contributed by atoms with van der Waals surface area (Å²) in [5.74, 6) is -1.95. The van der Waals surface area contributed by atoms with Crippen molar-refractivity contribution in [2.45, 2.75) is 25.2 Å². The number of benzene rings is 1. The van der Waals surface area contributed by atoms with Crippen molar-refractivity contribution in [3.05, 3.63) is 61.4 Å². The second-order valence-corrected chi connectivity index (χ2v) is 5.86.